The van der Waals surface area contributed by atoms with Crippen LogP contribution in [0.4, 0.5) is 0 Å². The standard InChI is InChI=1S/C10H9BrO2/c11-7-3-1-2-6-4-5-8(12)10(13)9(6)7/h1-5,8,10,12-13H. The van der Waals surface area contributed by atoms with Gasteiger partial charge in [-0.25, -0.2) is 0 Å². The topological polar surface area (TPSA) is 40.5 Å². The van der Waals surface area contributed by atoms with Crippen LogP contribution in [0.3, 0.4) is 0 Å². The number of aliphatic hydroxyl groups is 2. The van der Waals surface area contributed by atoms with Crippen molar-refractivity contribution in [3.8, 4) is 0 Å². The number of benzene rings is 1. The Kier molecular flexibility index (Phi) is 2.24. The minimum Gasteiger partial charge on any atom is -0.386 e. The molecule has 0 spiro atoms. The number of hydrogen-bond donors (Lipinski definition) is 2. The summed E-state index contributed by atoms with van der Waals surface area (Å²) in [4.78, 5) is 0. The molecule has 2 unspecified atom stereocenters. The SMILES string of the molecule is OC1C=Cc2cccc(Br)c2C1O. The number of fused-ring (bicyclic) bond motifs is 1. The Morgan fingerprint density at radius 3 is 2.77 bits per heavy atom. The van der Waals surface area contributed by atoms with Gasteiger partial charge in [-0.15, -0.1) is 0 Å². The van der Waals surface area contributed by atoms with Crippen molar-refractivity contribution in [2.75, 3.05) is 0 Å². The quantitative estimate of drug-likeness (QED) is 0.727. The van der Waals surface area contributed by atoms with Crippen molar-refractivity contribution >= 4 is 22.0 Å². The van der Waals surface area contributed by atoms with Crippen LogP contribution in [-0.4, -0.2) is 16.3 Å². The second-order valence-electron chi connectivity index (χ2n) is 3.04. The fourth-order valence-corrected chi connectivity index (χ4v) is 2.11. The van der Waals surface area contributed by atoms with Gasteiger partial charge in [0.05, 0.1) is 0 Å². The number of aliphatic hydroxyl groups excluding tert-OH is 2. The fraction of sp³-hybridized carbons (Fsp3) is 0.200. The molecular formula is C10H9BrO2. The Balaban J connectivity index is 2.60. The highest BCUT2D eigenvalue weighted by Crippen LogP contribution is 2.33. The number of rotatable bonds is 0. The van der Waals surface area contributed by atoms with Crippen LogP contribution >= 0.6 is 15.9 Å². The minimum atomic E-state index is -0.824. The van der Waals surface area contributed by atoms with Crippen LogP contribution in [-0.2, 0) is 0 Å². The van der Waals surface area contributed by atoms with Crippen LogP contribution < -0.4 is 0 Å². The summed E-state index contributed by atoms with van der Waals surface area (Å²) in [6.07, 6.45) is 1.79. The van der Waals surface area contributed by atoms with Crippen LogP contribution in [0.15, 0.2) is 28.7 Å². The zero-order chi connectivity index (χ0) is 9.42. The van der Waals surface area contributed by atoms with Crippen molar-refractivity contribution in [3.05, 3.63) is 39.9 Å². The van der Waals surface area contributed by atoms with Crippen molar-refractivity contribution in [3.63, 3.8) is 0 Å². The molecule has 2 atom stereocenters. The zero-order valence-electron chi connectivity index (χ0n) is 6.81. The van der Waals surface area contributed by atoms with Crippen molar-refractivity contribution in [1.29, 1.82) is 0 Å². The predicted octanol–water partition coefficient (Wildman–Crippen LogP) is 1.87. The molecule has 0 aliphatic heterocycles. The van der Waals surface area contributed by atoms with Gasteiger partial charge in [0.2, 0.25) is 0 Å². The normalized spacial score (nSPS) is 25.8. The van der Waals surface area contributed by atoms with Gasteiger partial charge in [-0.2, -0.15) is 0 Å². The van der Waals surface area contributed by atoms with Gasteiger partial charge in [0.15, 0.2) is 0 Å². The number of hydrogen-bond acceptors (Lipinski definition) is 2. The van der Waals surface area contributed by atoms with Gasteiger partial charge in [0.25, 0.3) is 0 Å². The maximum atomic E-state index is 9.68. The molecule has 1 aliphatic carbocycles. The van der Waals surface area contributed by atoms with Gasteiger partial charge in [-0.05, 0) is 11.6 Å². The average molecular weight is 241 g/mol. The van der Waals surface area contributed by atoms with E-state index in [0.29, 0.717) is 0 Å². The summed E-state index contributed by atoms with van der Waals surface area (Å²) in [6, 6.07) is 5.66. The third-order valence-corrected chi connectivity index (χ3v) is 2.87. The lowest BCUT2D eigenvalue weighted by atomic mass is 9.93. The van der Waals surface area contributed by atoms with E-state index in [1.54, 1.807) is 6.08 Å². The van der Waals surface area contributed by atoms with E-state index >= 15 is 0 Å². The van der Waals surface area contributed by atoms with Crippen LogP contribution in [0.2, 0.25) is 0 Å². The van der Waals surface area contributed by atoms with Gasteiger partial charge in [-0.3, -0.25) is 0 Å². The van der Waals surface area contributed by atoms with Gasteiger partial charge in [0, 0.05) is 10.0 Å². The lowest BCUT2D eigenvalue weighted by Crippen LogP contribution is -2.19. The molecule has 13 heavy (non-hydrogen) atoms. The molecule has 1 aliphatic rings. The van der Waals surface area contributed by atoms with E-state index in [9.17, 15) is 10.2 Å². The summed E-state index contributed by atoms with van der Waals surface area (Å²) < 4.78 is 0.834. The molecule has 0 bridgehead atoms. The third kappa shape index (κ3) is 1.43. The molecule has 0 amide bonds. The van der Waals surface area contributed by atoms with Gasteiger partial charge in [-0.1, -0.05) is 40.2 Å². The Morgan fingerprint density at radius 1 is 1.23 bits per heavy atom. The third-order valence-electron chi connectivity index (χ3n) is 2.18. The van der Waals surface area contributed by atoms with Gasteiger partial charge >= 0.3 is 0 Å². The summed E-state index contributed by atoms with van der Waals surface area (Å²) in [5.41, 5.74) is 1.71. The van der Waals surface area contributed by atoms with E-state index in [2.05, 4.69) is 15.9 Å². The minimum absolute atomic E-state index is 0.762. The van der Waals surface area contributed by atoms with Gasteiger partial charge in [0.1, 0.15) is 12.2 Å². The van der Waals surface area contributed by atoms with E-state index in [4.69, 9.17) is 0 Å². The van der Waals surface area contributed by atoms with E-state index in [1.807, 2.05) is 24.3 Å². The van der Waals surface area contributed by atoms with Crippen LogP contribution in [0, 0.1) is 0 Å². The first-order valence-electron chi connectivity index (χ1n) is 4.03. The Hall–Kier alpha value is -0.640. The molecule has 68 valence electrons. The van der Waals surface area contributed by atoms with Crippen LogP contribution in [0.25, 0.3) is 6.08 Å². The summed E-state index contributed by atoms with van der Waals surface area (Å²) in [5, 5.41) is 19.1. The highest BCUT2D eigenvalue weighted by molar-refractivity contribution is 9.10. The Bertz CT molecular complexity index is 360. The summed E-state index contributed by atoms with van der Waals surface area (Å²) >= 11 is 3.34. The maximum Gasteiger partial charge on any atom is 0.110 e. The molecule has 3 heteroatoms. The van der Waals surface area contributed by atoms with Crippen LogP contribution in [0.1, 0.15) is 17.2 Å². The Morgan fingerprint density at radius 2 is 2.00 bits per heavy atom. The molecule has 2 N–H and O–H groups in total. The van der Waals surface area contributed by atoms with Crippen molar-refractivity contribution in [1.82, 2.24) is 0 Å². The van der Waals surface area contributed by atoms with E-state index in [1.165, 1.54) is 0 Å². The molecule has 0 radical (unpaired) electrons. The van der Waals surface area contributed by atoms with Crippen molar-refractivity contribution in [2.45, 2.75) is 12.2 Å². The summed E-state index contributed by atoms with van der Waals surface area (Å²) in [5.74, 6) is 0. The lowest BCUT2D eigenvalue weighted by molar-refractivity contribution is 0.0465. The molecule has 2 rings (SSSR count). The molecule has 0 saturated carbocycles. The average Bonchev–Trinajstić information content (AvgIpc) is 2.12. The predicted molar refractivity (Wildman–Crippen MR) is 54.1 cm³/mol. The summed E-state index contributed by atoms with van der Waals surface area (Å²) in [7, 11) is 0. The van der Waals surface area contributed by atoms with Gasteiger partial charge < -0.3 is 10.2 Å². The Labute approximate surface area is 84.7 Å². The van der Waals surface area contributed by atoms with Crippen LogP contribution in [0.5, 0.6) is 0 Å². The summed E-state index contributed by atoms with van der Waals surface area (Å²) in [6.45, 7) is 0. The molecule has 0 saturated heterocycles. The first-order chi connectivity index (χ1) is 6.20. The molecule has 0 aromatic heterocycles. The monoisotopic (exact) mass is 240 g/mol. The zero-order valence-corrected chi connectivity index (χ0v) is 8.40. The fourth-order valence-electron chi connectivity index (χ4n) is 1.49. The van der Waals surface area contributed by atoms with Crippen molar-refractivity contribution < 1.29 is 10.2 Å². The first kappa shape index (κ1) is 8.94. The maximum absolute atomic E-state index is 9.68. The first-order valence-corrected chi connectivity index (χ1v) is 4.82. The smallest absolute Gasteiger partial charge is 0.110 e. The van der Waals surface area contributed by atoms with E-state index in [-0.39, 0.29) is 0 Å². The van der Waals surface area contributed by atoms with Crippen molar-refractivity contribution in [2.24, 2.45) is 0 Å². The second-order valence-corrected chi connectivity index (χ2v) is 3.89. The second kappa shape index (κ2) is 3.25. The molecular weight excluding hydrogens is 232 g/mol. The molecule has 0 heterocycles. The lowest BCUT2D eigenvalue weighted by Gasteiger charge is -2.22. The highest BCUT2D eigenvalue weighted by atomic mass is 79.9. The van der Waals surface area contributed by atoms with E-state index < -0.39 is 12.2 Å². The molecule has 2 nitrogen and oxygen atoms in total. The molecule has 1 aromatic rings. The van der Waals surface area contributed by atoms with E-state index in [0.717, 1.165) is 15.6 Å². The molecule has 0 fully saturated rings. The largest absolute Gasteiger partial charge is 0.386 e. The number of halogens is 1. The molecule has 1 aromatic carbocycles. The highest BCUT2D eigenvalue weighted by Gasteiger charge is 2.23.